The van der Waals surface area contributed by atoms with E-state index in [0.717, 1.165) is 57.8 Å². The number of hydrogen-bond donors (Lipinski definition) is 12. The lowest BCUT2D eigenvalue weighted by Crippen LogP contribution is -2.66. The van der Waals surface area contributed by atoms with Crippen LogP contribution in [0.4, 0.5) is 0 Å². The number of carbonyl (C=O) groups excluding carboxylic acids is 1. The molecule has 19 heteroatoms. The molecule has 19 nitrogen and oxygen atoms in total. The third kappa shape index (κ3) is 39.5. The molecular weight excluding hydrogens is 1240 g/mol. The largest absolute Gasteiger partial charge is 0.394 e. The maximum absolute atomic E-state index is 13.5. The number of aliphatic hydroxyl groups is 11. The summed E-state index contributed by atoms with van der Waals surface area (Å²) in [5.41, 5.74) is 0. The molecule has 3 rings (SSSR count). The Morgan fingerprint density at radius 3 is 1.10 bits per heavy atom. The maximum atomic E-state index is 13.5. The highest BCUT2D eigenvalue weighted by molar-refractivity contribution is 5.76. The normalized spacial score (nSPS) is 27.3. The molecule has 0 bridgehead atoms. The van der Waals surface area contributed by atoms with Gasteiger partial charge in [0.05, 0.1) is 38.6 Å². The van der Waals surface area contributed by atoms with Crippen LogP contribution in [0.5, 0.6) is 0 Å². The van der Waals surface area contributed by atoms with E-state index in [9.17, 15) is 61.0 Å². The average Bonchev–Trinajstić information content (AvgIpc) is 0.798. The number of nitrogens with one attached hydrogen (secondary N) is 1. The number of unbranched alkanes of at least 4 members (excludes halogenated alkanes) is 34. The summed E-state index contributed by atoms with van der Waals surface area (Å²) in [6.45, 7) is 1.72. The minimum atomic E-state index is -1.98. The lowest BCUT2D eigenvalue weighted by atomic mass is 9.96. The Hall–Kier alpha value is -2.77. The van der Waals surface area contributed by atoms with Crippen LogP contribution in [0, 0.1) is 0 Å². The summed E-state index contributed by atoms with van der Waals surface area (Å²) < 4.78 is 34.4. The SMILES string of the molecule is CCCCCCC/C=C\C/C=C\C/C=C\CCCCCCCCCCCCCCCCCCC(=O)NC(COC1OC(CO)C(OC2OC(CO)C(OC3OC(CO)C(O)C(O)C3O)C(O)C2O)C(O)C1O)C(O)/C=C/CC/C=C/CC/C=C/CCCCCCCCCCCCC. The van der Waals surface area contributed by atoms with Gasteiger partial charge in [0.1, 0.15) is 73.2 Å². The predicted octanol–water partition coefficient (Wildman–Crippen LogP) is 12.1. The van der Waals surface area contributed by atoms with Gasteiger partial charge < -0.3 is 89.9 Å². The van der Waals surface area contributed by atoms with E-state index in [2.05, 4.69) is 79.9 Å². The molecule has 3 fully saturated rings. The van der Waals surface area contributed by atoms with E-state index >= 15 is 0 Å². The van der Waals surface area contributed by atoms with E-state index in [1.54, 1.807) is 6.08 Å². The highest BCUT2D eigenvalue weighted by Gasteiger charge is 2.53. The van der Waals surface area contributed by atoms with Crippen LogP contribution >= 0.6 is 0 Å². The predicted molar refractivity (Wildman–Crippen MR) is 383 cm³/mol. The van der Waals surface area contributed by atoms with Crippen molar-refractivity contribution in [1.29, 1.82) is 0 Å². The zero-order valence-corrected chi connectivity index (χ0v) is 60.0. The fourth-order valence-corrected chi connectivity index (χ4v) is 12.7. The first kappa shape index (κ1) is 88.4. The molecule has 17 unspecified atom stereocenters. The molecule has 3 aliphatic rings. The van der Waals surface area contributed by atoms with Crippen molar-refractivity contribution in [3.63, 3.8) is 0 Å². The van der Waals surface area contributed by atoms with E-state index < -0.39 is 124 Å². The van der Waals surface area contributed by atoms with Crippen molar-refractivity contribution < 1.29 is 89.4 Å². The van der Waals surface area contributed by atoms with Crippen molar-refractivity contribution >= 4 is 5.91 Å². The van der Waals surface area contributed by atoms with Crippen LogP contribution in [0.2, 0.25) is 0 Å². The molecule has 1 amide bonds. The van der Waals surface area contributed by atoms with Crippen molar-refractivity contribution in [3.8, 4) is 0 Å². The molecule has 0 radical (unpaired) electrons. The summed E-state index contributed by atoms with van der Waals surface area (Å²) >= 11 is 0. The number of hydrogen-bond acceptors (Lipinski definition) is 18. The monoisotopic (exact) mass is 1380 g/mol. The van der Waals surface area contributed by atoms with Crippen LogP contribution in [0.3, 0.4) is 0 Å². The zero-order valence-electron chi connectivity index (χ0n) is 60.0. The van der Waals surface area contributed by atoms with E-state index in [4.69, 9.17) is 28.4 Å². The first-order valence-electron chi connectivity index (χ1n) is 38.7. The van der Waals surface area contributed by atoms with E-state index in [0.29, 0.717) is 12.8 Å². The summed E-state index contributed by atoms with van der Waals surface area (Å²) in [5, 5.41) is 121. The highest BCUT2D eigenvalue weighted by Crippen LogP contribution is 2.33. The molecule has 0 aromatic carbocycles. The fraction of sp³-hybridized carbons (Fsp3) is 0.833. The second-order valence-corrected chi connectivity index (χ2v) is 27.4. The second kappa shape index (κ2) is 58.7. The van der Waals surface area contributed by atoms with Crippen LogP contribution in [-0.4, -0.2) is 193 Å². The molecule has 3 saturated heterocycles. The summed E-state index contributed by atoms with van der Waals surface area (Å²) in [7, 11) is 0. The Labute approximate surface area is 585 Å². The molecule has 0 aliphatic carbocycles. The molecule has 17 atom stereocenters. The molecule has 12 N–H and O–H groups in total. The van der Waals surface area contributed by atoms with Gasteiger partial charge in [0.25, 0.3) is 0 Å². The van der Waals surface area contributed by atoms with Crippen molar-refractivity contribution in [2.45, 2.75) is 388 Å². The molecule has 0 spiro atoms. The van der Waals surface area contributed by atoms with Gasteiger partial charge >= 0.3 is 0 Å². The molecule has 0 aromatic heterocycles. The smallest absolute Gasteiger partial charge is 0.220 e. The first-order valence-corrected chi connectivity index (χ1v) is 38.7. The highest BCUT2D eigenvalue weighted by atomic mass is 16.8. The number of rotatable bonds is 60. The quantitative estimate of drug-likeness (QED) is 0.0199. The third-order valence-electron chi connectivity index (χ3n) is 19.0. The third-order valence-corrected chi connectivity index (χ3v) is 19.0. The van der Waals surface area contributed by atoms with Crippen molar-refractivity contribution in [2.75, 3.05) is 26.4 Å². The molecule has 3 heterocycles. The maximum Gasteiger partial charge on any atom is 0.220 e. The topological polar surface area (TPSA) is 307 Å². The van der Waals surface area contributed by atoms with Gasteiger partial charge in [0, 0.05) is 6.42 Å². The van der Waals surface area contributed by atoms with Gasteiger partial charge in [-0.25, -0.2) is 0 Å². The molecule has 0 saturated carbocycles. The molecular formula is C78H139NO18. The van der Waals surface area contributed by atoms with Crippen molar-refractivity contribution in [1.82, 2.24) is 5.32 Å². The van der Waals surface area contributed by atoms with Gasteiger partial charge in [-0.3, -0.25) is 4.79 Å². The van der Waals surface area contributed by atoms with Crippen LogP contribution in [0.25, 0.3) is 0 Å². The number of amides is 1. The summed E-state index contributed by atoms with van der Waals surface area (Å²) in [6.07, 6.45) is 48.8. The number of ether oxygens (including phenoxy) is 6. The van der Waals surface area contributed by atoms with Crippen LogP contribution in [0.15, 0.2) is 72.9 Å². The summed E-state index contributed by atoms with van der Waals surface area (Å²) in [6, 6.07) is -1.00. The van der Waals surface area contributed by atoms with Crippen molar-refractivity contribution in [2.24, 2.45) is 0 Å². The minimum Gasteiger partial charge on any atom is -0.394 e. The zero-order chi connectivity index (χ0) is 70.4. The Balaban J connectivity index is 1.39. The molecule has 3 aliphatic heterocycles. The average molecular weight is 1380 g/mol. The van der Waals surface area contributed by atoms with E-state index in [1.165, 1.54) is 193 Å². The van der Waals surface area contributed by atoms with E-state index in [1.807, 2.05) is 6.08 Å². The summed E-state index contributed by atoms with van der Waals surface area (Å²) in [5.74, 6) is -0.289. The lowest BCUT2D eigenvalue weighted by molar-refractivity contribution is -0.379. The Morgan fingerprint density at radius 1 is 0.371 bits per heavy atom. The number of aliphatic hydroxyl groups excluding tert-OH is 11. The Kier molecular flexibility index (Phi) is 53.5. The van der Waals surface area contributed by atoms with E-state index in [-0.39, 0.29) is 18.9 Å². The Morgan fingerprint density at radius 2 is 0.691 bits per heavy atom. The first-order chi connectivity index (χ1) is 47.3. The van der Waals surface area contributed by atoms with Crippen LogP contribution in [-0.2, 0) is 33.2 Å². The van der Waals surface area contributed by atoms with Gasteiger partial charge in [0.15, 0.2) is 18.9 Å². The Bertz CT molecular complexity index is 2040. The lowest BCUT2D eigenvalue weighted by Gasteiger charge is -2.48. The molecule has 97 heavy (non-hydrogen) atoms. The molecule has 564 valence electrons. The van der Waals surface area contributed by atoms with Gasteiger partial charge in [-0.1, -0.05) is 267 Å². The number of allylic oxidation sites excluding steroid dienone is 11. The van der Waals surface area contributed by atoms with Crippen LogP contribution in [0.1, 0.15) is 284 Å². The minimum absolute atomic E-state index is 0.230. The number of carbonyl (C=O) groups is 1. The van der Waals surface area contributed by atoms with Crippen molar-refractivity contribution in [3.05, 3.63) is 72.9 Å². The van der Waals surface area contributed by atoms with Gasteiger partial charge in [-0.2, -0.15) is 0 Å². The fourth-order valence-electron chi connectivity index (χ4n) is 12.7. The van der Waals surface area contributed by atoms with Gasteiger partial charge in [0.2, 0.25) is 5.91 Å². The molecule has 0 aromatic rings. The van der Waals surface area contributed by atoms with Gasteiger partial charge in [-0.15, -0.1) is 0 Å². The second-order valence-electron chi connectivity index (χ2n) is 27.4. The summed E-state index contributed by atoms with van der Waals surface area (Å²) in [4.78, 5) is 13.5. The van der Waals surface area contributed by atoms with Crippen LogP contribution < -0.4 is 5.32 Å². The standard InChI is InChI=1S/C78H139NO18/c1-3-5-7-9-11-13-15-17-19-21-23-25-26-27-28-29-30-31-32-33-34-36-38-40-42-44-46-48-50-52-54-56-66(84)79-61(62(83)55-53-51-49-47-45-43-41-39-37-35-24-22-20-18-16-14-12-10-8-6-4-2)60-92-76-72(90)69(87)74(64(58-81)94-76)97-78-73(91)70(88)75(65(59-82)95-78)96-77-71(89)68(86)67(85)63(57-80)93-77/h15,17,21,23,26-27,37,39,45,47,53,55,61-65,67-78,80-83,85-91H,3-14,16,18-20,22,24-25,28-36,38,40-44,46,48-52,54,56-60H2,1-2H3,(H,79,84)/b17-15-,23-21-,27-26-,39-37+,47-45+,55-53+. The van der Waals surface area contributed by atoms with Gasteiger partial charge in [-0.05, 0) is 83.5 Å².